The summed E-state index contributed by atoms with van der Waals surface area (Å²) in [7, 11) is 1.43. The predicted octanol–water partition coefficient (Wildman–Crippen LogP) is 5.41. The quantitative estimate of drug-likeness (QED) is 0.258. The maximum absolute atomic E-state index is 14.3. The Balaban J connectivity index is 1.63. The van der Waals surface area contributed by atoms with E-state index in [0.717, 1.165) is 25.3 Å². The predicted molar refractivity (Wildman–Crippen MR) is 210 cm³/mol. The molecule has 1 aromatic rings. The van der Waals surface area contributed by atoms with Crippen LogP contribution in [-0.4, -0.2) is 82.7 Å². The lowest BCUT2D eigenvalue weighted by Gasteiger charge is -2.38. The van der Waals surface area contributed by atoms with E-state index in [1.165, 1.54) is 53.2 Å². The Morgan fingerprint density at radius 2 is 1.57 bits per heavy atom. The molecule has 1 aromatic carbocycles. The van der Waals surface area contributed by atoms with Crippen LogP contribution in [0.15, 0.2) is 47.9 Å². The molecule has 1 fully saturated rings. The number of esters is 2. The largest absolute Gasteiger partial charge is 0.462 e. The van der Waals surface area contributed by atoms with Gasteiger partial charge in [0.2, 0.25) is 5.78 Å². The van der Waals surface area contributed by atoms with Crippen molar-refractivity contribution in [2.45, 2.75) is 118 Å². The van der Waals surface area contributed by atoms with E-state index in [1.54, 1.807) is 39.8 Å². The number of rotatable bonds is 4. The number of aliphatic hydroxyl groups excluding tert-OH is 2. The molecule has 6 rings (SSSR count). The number of benzene rings is 1. The van der Waals surface area contributed by atoms with Gasteiger partial charge in [0.1, 0.15) is 17.6 Å². The number of fused-ring (bicyclic) bond motifs is 14. The Hall–Kier alpha value is -4.92. The molecule has 14 nitrogen and oxygen atoms in total. The molecule has 3 N–H and O–H groups in total. The van der Waals surface area contributed by atoms with E-state index in [0.29, 0.717) is 12.8 Å². The first-order valence-corrected chi connectivity index (χ1v) is 19.9. The van der Waals surface area contributed by atoms with Crippen LogP contribution in [0.4, 0.5) is 0 Å². The van der Waals surface area contributed by atoms with Crippen molar-refractivity contribution in [3.8, 4) is 11.5 Å². The second-order valence-electron chi connectivity index (χ2n) is 16.1. The summed E-state index contributed by atoms with van der Waals surface area (Å²) in [5.74, 6) is -9.72. The van der Waals surface area contributed by atoms with Crippen molar-refractivity contribution in [2.24, 2.45) is 29.6 Å². The molecule has 314 valence electrons. The van der Waals surface area contributed by atoms with E-state index in [1.807, 2.05) is 0 Å². The van der Waals surface area contributed by atoms with Gasteiger partial charge in [-0.2, -0.15) is 0 Å². The van der Waals surface area contributed by atoms with Gasteiger partial charge >= 0.3 is 17.7 Å². The van der Waals surface area contributed by atoms with E-state index in [9.17, 15) is 39.0 Å². The standard InChI is InChI=1S/C44H55NO13/c1-21-14-13-15-22(2)42(52)45-29-20-30(47)32-33(37(29)50)39(57-43(53)28-16-11-10-12-17-28)26(6)40-34(32)41(51)44(8,58-40)55-19-18-31(54-9)23(3)38(56-27(7)46)25(5)36(49)24(4)35(21)48/h13-15,18-21,23-25,28,31,35-36,38,48-49H,10-12,16-17H2,1-9H3,(H,45,52). The maximum Gasteiger partial charge on any atom is 0.314 e. The Kier molecular flexibility index (Phi) is 13.7. The van der Waals surface area contributed by atoms with Crippen molar-refractivity contribution in [1.29, 1.82) is 0 Å². The number of hydrogen-bond donors (Lipinski definition) is 3. The molecule has 5 bridgehead atoms. The van der Waals surface area contributed by atoms with E-state index < -0.39 is 95.0 Å². The highest BCUT2D eigenvalue weighted by molar-refractivity contribution is 6.31. The van der Waals surface area contributed by atoms with E-state index in [2.05, 4.69) is 5.32 Å². The van der Waals surface area contributed by atoms with Gasteiger partial charge in [0.05, 0.1) is 52.9 Å². The number of ketones is 3. The molecular formula is C44H55NO13. The van der Waals surface area contributed by atoms with Crippen LogP contribution in [0, 0.1) is 36.5 Å². The van der Waals surface area contributed by atoms with Gasteiger partial charge in [0.15, 0.2) is 5.78 Å². The fourth-order valence-corrected chi connectivity index (χ4v) is 8.26. The second kappa shape index (κ2) is 17.9. The Bertz CT molecular complexity index is 1970. The zero-order valence-electron chi connectivity index (χ0n) is 34.6. The minimum absolute atomic E-state index is 0.105. The second-order valence-corrected chi connectivity index (χ2v) is 16.1. The van der Waals surface area contributed by atoms with Crippen molar-refractivity contribution in [3.63, 3.8) is 0 Å². The van der Waals surface area contributed by atoms with Crippen molar-refractivity contribution in [1.82, 2.24) is 5.32 Å². The van der Waals surface area contributed by atoms with Crippen LogP contribution in [-0.2, 0) is 28.6 Å². The number of methoxy groups -OCH3 is 1. The summed E-state index contributed by atoms with van der Waals surface area (Å²) in [6.07, 6.45) is 8.15. The maximum atomic E-state index is 14.3. The van der Waals surface area contributed by atoms with Crippen molar-refractivity contribution < 1.29 is 62.7 Å². The van der Waals surface area contributed by atoms with Crippen LogP contribution < -0.4 is 14.8 Å². The SMILES string of the molecule is COC1C=COC2(C)Oc3c(C)c(OC(=O)C4CCCCC4)c4c(c3C2=O)C(=O)C=C(NC(=O)C(C)=CC=CC(C)C(O)C(C)C(O)C(C)C(OC(C)=O)C1C)C4=O. The average Bonchev–Trinajstić information content (AvgIpc) is 3.46. The summed E-state index contributed by atoms with van der Waals surface area (Å²) < 4.78 is 29.6. The van der Waals surface area contributed by atoms with Crippen LogP contribution >= 0.6 is 0 Å². The van der Waals surface area contributed by atoms with Crippen molar-refractivity contribution in [2.75, 3.05) is 7.11 Å². The van der Waals surface area contributed by atoms with Crippen LogP contribution in [0.3, 0.4) is 0 Å². The molecule has 0 aromatic heterocycles. The van der Waals surface area contributed by atoms with E-state index in [-0.39, 0.29) is 45.0 Å². The molecule has 3 heterocycles. The molecule has 0 radical (unpaired) electrons. The molecule has 9 atom stereocenters. The van der Waals surface area contributed by atoms with E-state index >= 15 is 0 Å². The van der Waals surface area contributed by atoms with Crippen LogP contribution in [0.2, 0.25) is 0 Å². The Morgan fingerprint density at radius 1 is 0.897 bits per heavy atom. The summed E-state index contributed by atoms with van der Waals surface area (Å²) in [5.41, 5.74) is -1.07. The number of carbonyl (C=O) groups excluding carboxylic acids is 6. The zero-order chi connectivity index (χ0) is 42.8. The Morgan fingerprint density at radius 3 is 2.21 bits per heavy atom. The number of ether oxygens (including phenoxy) is 5. The topological polar surface area (TPSA) is 201 Å². The van der Waals surface area contributed by atoms with Crippen LogP contribution in [0.25, 0.3) is 0 Å². The summed E-state index contributed by atoms with van der Waals surface area (Å²) in [4.78, 5) is 82.0. The number of allylic oxidation sites excluding steroid dienone is 4. The fourth-order valence-electron chi connectivity index (χ4n) is 8.26. The van der Waals surface area contributed by atoms with Crippen molar-refractivity contribution >= 4 is 35.2 Å². The summed E-state index contributed by atoms with van der Waals surface area (Å²) >= 11 is 0. The third kappa shape index (κ3) is 8.74. The lowest BCUT2D eigenvalue weighted by molar-refractivity contribution is -0.160. The van der Waals surface area contributed by atoms with Gasteiger partial charge in [-0.25, -0.2) is 0 Å². The molecule has 2 aliphatic carbocycles. The number of Topliss-reactive ketones (excluding diaryl/α,β-unsaturated/α-hetero) is 2. The Labute approximate surface area is 338 Å². The molecule has 14 heteroatoms. The highest BCUT2D eigenvalue weighted by Gasteiger charge is 2.52. The summed E-state index contributed by atoms with van der Waals surface area (Å²) in [5, 5.41) is 25.3. The molecule has 0 saturated heterocycles. The van der Waals surface area contributed by atoms with Gasteiger partial charge in [-0.1, -0.05) is 65.2 Å². The number of hydrogen-bond acceptors (Lipinski definition) is 13. The number of amides is 1. The molecule has 0 spiro atoms. The van der Waals surface area contributed by atoms with Gasteiger partial charge in [0, 0.05) is 61.8 Å². The van der Waals surface area contributed by atoms with Gasteiger partial charge in [-0.3, -0.25) is 28.8 Å². The minimum atomic E-state index is -2.07. The minimum Gasteiger partial charge on any atom is -0.462 e. The first kappa shape index (κ1) is 44.2. The number of nitrogens with one attached hydrogen (secondary N) is 1. The normalized spacial score (nSPS) is 31.2. The lowest BCUT2D eigenvalue weighted by atomic mass is 9.78. The first-order valence-electron chi connectivity index (χ1n) is 19.9. The number of carbonyl (C=O) groups is 6. The monoisotopic (exact) mass is 805 g/mol. The number of aliphatic hydroxyl groups is 2. The van der Waals surface area contributed by atoms with Gasteiger partial charge < -0.3 is 39.2 Å². The smallest absolute Gasteiger partial charge is 0.314 e. The average molecular weight is 806 g/mol. The van der Waals surface area contributed by atoms with Crippen LogP contribution in [0.5, 0.6) is 11.5 Å². The first-order chi connectivity index (χ1) is 27.3. The van der Waals surface area contributed by atoms with Gasteiger partial charge in [0.25, 0.3) is 11.7 Å². The van der Waals surface area contributed by atoms with Crippen molar-refractivity contribution in [3.05, 3.63) is 70.2 Å². The highest BCUT2D eigenvalue weighted by atomic mass is 16.7. The van der Waals surface area contributed by atoms with E-state index in [4.69, 9.17) is 23.7 Å². The van der Waals surface area contributed by atoms with Gasteiger partial charge in [-0.05, 0) is 32.8 Å². The lowest BCUT2D eigenvalue weighted by Crippen LogP contribution is -2.46. The molecule has 1 amide bonds. The zero-order valence-corrected chi connectivity index (χ0v) is 34.6. The summed E-state index contributed by atoms with van der Waals surface area (Å²) in [6.45, 7) is 12.5. The summed E-state index contributed by atoms with van der Waals surface area (Å²) in [6, 6.07) is 0. The molecular weight excluding hydrogens is 750 g/mol. The third-order valence-electron chi connectivity index (χ3n) is 11.9. The highest BCUT2D eigenvalue weighted by Crippen LogP contribution is 2.48. The molecule has 9 unspecified atom stereocenters. The molecule has 3 aliphatic heterocycles. The third-order valence-corrected chi connectivity index (χ3v) is 11.9. The molecule has 5 aliphatic rings. The molecule has 58 heavy (non-hydrogen) atoms. The van der Waals surface area contributed by atoms with Gasteiger partial charge in [-0.15, -0.1) is 0 Å². The van der Waals surface area contributed by atoms with Crippen LogP contribution in [0.1, 0.15) is 117 Å². The fraction of sp³-hybridized carbons (Fsp3) is 0.545. The molecule has 1 saturated carbocycles.